The van der Waals surface area contributed by atoms with Crippen molar-refractivity contribution in [2.75, 3.05) is 32.7 Å². The summed E-state index contributed by atoms with van der Waals surface area (Å²) in [5.74, 6) is -0.431. The van der Waals surface area contributed by atoms with Crippen LogP contribution in [0.5, 0.6) is 0 Å². The number of halogens is 1. The van der Waals surface area contributed by atoms with Crippen LogP contribution in [0.15, 0.2) is 41.3 Å². The van der Waals surface area contributed by atoms with Crippen molar-refractivity contribution in [1.29, 1.82) is 0 Å². The number of aromatic nitrogens is 1. The Morgan fingerprint density at radius 1 is 0.880 bits per heavy atom. The minimum atomic E-state index is -3.54. The van der Waals surface area contributed by atoms with Crippen LogP contribution in [0.4, 0.5) is 4.39 Å². The third-order valence-corrected chi connectivity index (χ3v) is 6.75. The zero-order valence-electron chi connectivity index (χ0n) is 14.7. The largest absolute Gasteiger partial charge is 0.348 e. The van der Waals surface area contributed by atoms with Gasteiger partial charge in [0.05, 0.1) is 4.90 Å². The Balaban J connectivity index is 1.57. The molecule has 0 spiro atoms. The summed E-state index contributed by atoms with van der Waals surface area (Å²) in [7, 11) is -3.54. The molecule has 136 valence electrons. The van der Waals surface area contributed by atoms with E-state index in [4.69, 9.17) is 0 Å². The molecule has 0 bridgehead atoms. The van der Waals surface area contributed by atoms with Gasteiger partial charge in [-0.3, -0.25) is 4.90 Å². The molecule has 0 radical (unpaired) electrons. The van der Waals surface area contributed by atoms with Gasteiger partial charge in [0.25, 0.3) is 0 Å². The Kier molecular flexibility index (Phi) is 5.27. The van der Waals surface area contributed by atoms with Gasteiger partial charge in [-0.1, -0.05) is 0 Å². The average molecular weight is 365 g/mol. The van der Waals surface area contributed by atoms with Crippen LogP contribution >= 0.6 is 0 Å². The first-order chi connectivity index (χ1) is 11.9. The van der Waals surface area contributed by atoms with Crippen LogP contribution in [0.3, 0.4) is 0 Å². The van der Waals surface area contributed by atoms with Crippen LogP contribution in [-0.2, 0) is 16.6 Å². The molecule has 1 aromatic carbocycles. The molecule has 0 N–H and O–H groups in total. The number of hydrogen-bond acceptors (Lipinski definition) is 3. The predicted molar refractivity (Wildman–Crippen MR) is 95.5 cm³/mol. The van der Waals surface area contributed by atoms with Crippen molar-refractivity contribution in [2.24, 2.45) is 0 Å². The fraction of sp³-hybridized carbons (Fsp3) is 0.444. The highest BCUT2D eigenvalue weighted by Crippen LogP contribution is 2.18. The maximum Gasteiger partial charge on any atom is 0.243 e. The Hall–Kier alpha value is -1.70. The van der Waals surface area contributed by atoms with Gasteiger partial charge >= 0.3 is 0 Å². The summed E-state index contributed by atoms with van der Waals surface area (Å²) in [6.45, 7) is 8.35. The van der Waals surface area contributed by atoms with Gasteiger partial charge in [0.1, 0.15) is 5.82 Å². The fourth-order valence-corrected chi connectivity index (χ4v) is 4.66. The van der Waals surface area contributed by atoms with Crippen molar-refractivity contribution in [3.63, 3.8) is 0 Å². The van der Waals surface area contributed by atoms with Crippen LogP contribution in [0, 0.1) is 19.7 Å². The van der Waals surface area contributed by atoms with E-state index >= 15 is 0 Å². The second kappa shape index (κ2) is 7.27. The summed E-state index contributed by atoms with van der Waals surface area (Å²) in [4.78, 5) is 2.44. The lowest BCUT2D eigenvalue weighted by molar-refractivity contribution is 0.182. The molecule has 0 saturated carbocycles. The van der Waals surface area contributed by atoms with Crippen molar-refractivity contribution in [1.82, 2.24) is 13.8 Å². The molecule has 0 amide bonds. The normalized spacial score (nSPS) is 17.1. The Bertz CT molecular complexity index is 803. The smallest absolute Gasteiger partial charge is 0.243 e. The van der Waals surface area contributed by atoms with E-state index in [1.165, 1.54) is 40.0 Å². The van der Waals surface area contributed by atoms with Crippen LogP contribution in [0.2, 0.25) is 0 Å². The second-order valence-electron chi connectivity index (χ2n) is 6.47. The van der Waals surface area contributed by atoms with E-state index < -0.39 is 15.8 Å². The standard InChI is InChI=1S/C18H24FN3O2S/c1-15-3-4-16(2)22(15)14-11-20-9-12-21(13-10-20)25(23,24)18-7-5-17(19)6-8-18/h3-8H,9-14H2,1-2H3. The zero-order chi connectivity index (χ0) is 18.0. The highest BCUT2D eigenvalue weighted by atomic mass is 32.2. The summed E-state index contributed by atoms with van der Waals surface area (Å²) in [5, 5.41) is 0. The molecule has 1 saturated heterocycles. The van der Waals surface area contributed by atoms with Crippen LogP contribution < -0.4 is 0 Å². The average Bonchev–Trinajstić information content (AvgIpc) is 2.92. The van der Waals surface area contributed by atoms with E-state index in [-0.39, 0.29) is 4.90 Å². The van der Waals surface area contributed by atoms with E-state index in [9.17, 15) is 12.8 Å². The van der Waals surface area contributed by atoms with E-state index in [0.717, 1.165) is 13.1 Å². The fourth-order valence-electron chi connectivity index (χ4n) is 3.24. The molecule has 0 unspecified atom stereocenters. The van der Waals surface area contributed by atoms with E-state index in [0.29, 0.717) is 26.2 Å². The van der Waals surface area contributed by atoms with Crippen molar-refractivity contribution >= 4 is 10.0 Å². The van der Waals surface area contributed by atoms with Crippen LogP contribution in [0.25, 0.3) is 0 Å². The molecule has 1 fully saturated rings. The molecule has 25 heavy (non-hydrogen) atoms. The monoisotopic (exact) mass is 365 g/mol. The van der Waals surface area contributed by atoms with Crippen molar-refractivity contribution in [3.8, 4) is 0 Å². The van der Waals surface area contributed by atoms with Gasteiger partial charge in [-0.25, -0.2) is 12.8 Å². The molecule has 2 heterocycles. The van der Waals surface area contributed by atoms with Crippen molar-refractivity contribution in [3.05, 3.63) is 53.6 Å². The van der Waals surface area contributed by atoms with E-state index in [1.54, 1.807) is 0 Å². The number of hydrogen-bond donors (Lipinski definition) is 0. The van der Waals surface area contributed by atoms with Crippen LogP contribution in [-0.4, -0.2) is 54.9 Å². The Labute approximate surface area is 148 Å². The van der Waals surface area contributed by atoms with Crippen LogP contribution in [0.1, 0.15) is 11.4 Å². The highest BCUT2D eigenvalue weighted by molar-refractivity contribution is 7.89. The van der Waals surface area contributed by atoms with E-state index in [1.807, 2.05) is 0 Å². The van der Waals surface area contributed by atoms with E-state index in [2.05, 4.69) is 35.4 Å². The molecule has 2 aromatic rings. The molecule has 0 aliphatic carbocycles. The van der Waals surface area contributed by atoms with Crippen molar-refractivity contribution in [2.45, 2.75) is 25.3 Å². The topological polar surface area (TPSA) is 45.5 Å². The number of piperazine rings is 1. The van der Waals surface area contributed by atoms with Gasteiger partial charge in [0, 0.05) is 50.7 Å². The van der Waals surface area contributed by atoms with Gasteiger partial charge < -0.3 is 4.57 Å². The SMILES string of the molecule is Cc1ccc(C)n1CCN1CCN(S(=O)(=O)c2ccc(F)cc2)CC1. The van der Waals surface area contributed by atoms with Crippen molar-refractivity contribution < 1.29 is 12.8 Å². The number of aryl methyl sites for hydroxylation is 2. The summed E-state index contributed by atoms with van der Waals surface area (Å²) < 4.78 is 42.0. The third kappa shape index (κ3) is 3.94. The molecule has 1 aromatic heterocycles. The predicted octanol–water partition coefficient (Wildman–Crippen LogP) is 2.25. The summed E-state index contributed by atoms with van der Waals surface area (Å²) in [6, 6.07) is 9.25. The zero-order valence-corrected chi connectivity index (χ0v) is 15.5. The number of sulfonamides is 1. The number of rotatable bonds is 5. The Morgan fingerprint density at radius 3 is 2.00 bits per heavy atom. The highest BCUT2D eigenvalue weighted by Gasteiger charge is 2.28. The molecule has 5 nitrogen and oxygen atoms in total. The first-order valence-corrected chi connectivity index (χ1v) is 9.93. The summed E-state index contributed by atoms with van der Waals surface area (Å²) >= 11 is 0. The maximum atomic E-state index is 13.0. The summed E-state index contributed by atoms with van der Waals surface area (Å²) in [6.07, 6.45) is 0. The molecule has 3 rings (SSSR count). The molecule has 0 atom stereocenters. The molecular weight excluding hydrogens is 341 g/mol. The Morgan fingerprint density at radius 2 is 1.44 bits per heavy atom. The van der Waals surface area contributed by atoms with Gasteiger partial charge in [0.2, 0.25) is 10.0 Å². The molecular formula is C18H24FN3O2S. The van der Waals surface area contributed by atoms with Gasteiger partial charge in [0.15, 0.2) is 0 Å². The van der Waals surface area contributed by atoms with Gasteiger partial charge in [-0.2, -0.15) is 4.31 Å². The molecule has 7 heteroatoms. The lowest BCUT2D eigenvalue weighted by Crippen LogP contribution is -2.49. The first kappa shape index (κ1) is 18.1. The molecule has 1 aliphatic heterocycles. The third-order valence-electron chi connectivity index (χ3n) is 4.84. The first-order valence-electron chi connectivity index (χ1n) is 8.49. The lowest BCUT2D eigenvalue weighted by Gasteiger charge is -2.34. The van der Waals surface area contributed by atoms with Gasteiger partial charge in [-0.15, -0.1) is 0 Å². The lowest BCUT2D eigenvalue weighted by atomic mass is 10.3. The maximum absolute atomic E-state index is 13.0. The quantitative estimate of drug-likeness (QED) is 0.816. The number of nitrogens with zero attached hydrogens (tertiary/aromatic N) is 3. The molecule has 1 aliphatic rings. The summed E-state index contributed by atoms with van der Waals surface area (Å²) in [5.41, 5.74) is 2.49. The van der Waals surface area contributed by atoms with Gasteiger partial charge in [-0.05, 0) is 50.2 Å². The number of benzene rings is 1. The second-order valence-corrected chi connectivity index (χ2v) is 8.41. The minimum Gasteiger partial charge on any atom is -0.348 e. The minimum absolute atomic E-state index is 0.154.